The van der Waals surface area contributed by atoms with Gasteiger partial charge in [-0.15, -0.1) is 0 Å². The average Bonchev–Trinajstić information content (AvgIpc) is 2.71. The van der Waals surface area contributed by atoms with Crippen LogP contribution in [0.2, 0.25) is 0 Å². The third-order valence-electron chi connectivity index (χ3n) is 5.59. The molecule has 1 N–H and O–H groups in total. The fraction of sp³-hybridized carbons (Fsp3) is 0.905. The Morgan fingerprint density at radius 2 is 1.56 bits per heavy atom. The highest BCUT2D eigenvalue weighted by Crippen LogP contribution is 2.18. The van der Waals surface area contributed by atoms with Gasteiger partial charge in [-0.2, -0.15) is 0 Å². The van der Waals surface area contributed by atoms with E-state index in [1.807, 2.05) is 11.9 Å². The number of rotatable bonds is 11. The Balaban J connectivity index is 1.44. The van der Waals surface area contributed by atoms with Crippen LogP contribution in [0.15, 0.2) is 0 Å². The summed E-state index contributed by atoms with van der Waals surface area (Å²) in [5, 5.41) is 2.98. The van der Waals surface area contributed by atoms with Crippen molar-refractivity contribution in [1.29, 1.82) is 0 Å². The van der Waals surface area contributed by atoms with Crippen LogP contribution in [0.4, 0.5) is 0 Å². The van der Waals surface area contributed by atoms with Crippen LogP contribution in [0.1, 0.15) is 77.0 Å². The molecule has 0 aromatic rings. The summed E-state index contributed by atoms with van der Waals surface area (Å²) in [7, 11) is 1.87. The number of hydrogen-bond donors (Lipinski definition) is 1. The normalized spacial score (nSPS) is 23.0. The number of amides is 2. The molecule has 2 heterocycles. The van der Waals surface area contributed by atoms with Crippen LogP contribution >= 0.6 is 0 Å². The van der Waals surface area contributed by atoms with Gasteiger partial charge in [0.15, 0.2) is 0 Å². The van der Waals surface area contributed by atoms with Crippen molar-refractivity contribution >= 4 is 11.8 Å². The molecule has 2 unspecified atom stereocenters. The van der Waals surface area contributed by atoms with Crippen molar-refractivity contribution < 1.29 is 19.1 Å². The van der Waals surface area contributed by atoms with Crippen molar-refractivity contribution in [2.75, 3.05) is 33.4 Å². The van der Waals surface area contributed by atoms with Crippen molar-refractivity contribution in [3.05, 3.63) is 0 Å². The monoisotopic (exact) mass is 382 g/mol. The quantitative estimate of drug-likeness (QED) is 0.558. The number of ether oxygens (including phenoxy) is 2. The largest absolute Gasteiger partial charge is 0.378 e. The molecular weight excluding hydrogens is 344 g/mol. The second-order valence-electron chi connectivity index (χ2n) is 7.93. The zero-order valence-corrected chi connectivity index (χ0v) is 17.0. The highest BCUT2D eigenvalue weighted by atomic mass is 16.5. The molecule has 6 heteroatoms. The molecule has 0 bridgehead atoms. The van der Waals surface area contributed by atoms with Crippen molar-refractivity contribution in [1.82, 2.24) is 10.2 Å². The lowest BCUT2D eigenvalue weighted by atomic mass is 10.0. The van der Waals surface area contributed by atoms with Crippen LogP contribution in [-0.2, 0) is 19.1 Å². The molecule has 0 aromatic carbocycles. The van der Waals surface area contributed by atoms with Gasteiger partial charge < -0.3 is 19.7 Å². The van der Waals surface area contributed by atoms with E-state index in [2.05, 4.69) is 5.32 Å². The molecule has 0 aliphatic carbocycles. The van der Waals surface area contributed by atoms with Crippen LogP contribution in [0.5, 0.6) is 0 Å². The number of unbranched alkanes of at least 4 members (excludes halogenated alkanes) is 1. The van der Waals surface area contributed by atoms with Crippen molar-refractivity contribution in [2.45, 2.75) is 89.3 Å². The maximum Gasteiger partial charge on any atom is 0.222 e. The van der Waals surface area contributed by atoms with E-state index in [1.165, 1.54) is 12.8 Å². The number of carbonyl (C=O) groups is 2. The third-order valence-corrected chi connectivity index (χ3v) is 5.59. The minimum atomic E-state index is 0.112. The predicted octanol–water partition coefficient (Wildman–Crippen LogP) is 3.04. The van der Waals surface area contributed by atoms with Crippen LogP contribution < -0.4 is 5.32 Å². The Morgan fingerprint density at radius 1 is 0.926 bits per heavy atom. The third kappa shape index (κ3) is 9.56. The lowest BCUT2D eigenvalue weighted by molar-refractivity contribution is -0.131. The number of nitrogens with zero attached hydrogens (tertiary/aromatic N) is 1. The van der Waals surface area contributed by atoms with E-state index in [0.29, 0.717) is 19.4 Å². The maximum atomic E-state index is 12.2. The summed E-state index contributed by atoms with van der Waals surface area (Å²) in [6, 6.07) is 0. The molecule has 156 valence electrons. The molecule has 6 nitrogen and oxygen atoms in total. The summed E-state index contributed by atoms with van der Waals surface area (Å²) in [5.41, 5.74) is 0. The maximum absolute atomic E-state index is 12.2. The van der Waals surface area contributed by atoms with Gasteiger partial charge in [0.25, 0.3) is 0 Å². The van der Waals surface area contributed by atoms with Gasteiger partial charge in [0, 0.05) is 46.2 Å². The molecule has 0 spiro atoms. The molecule has 2 amide bonds. The summed E-state index contributed by atoms with van der Waals surface area (Å²) >= 11 is 0. The smallest absolute Gasteiger partial charge is 0.222 e. The molecule has 2 fully saturated rings. The first-order chi connectivity index (χ1) is 13.1. The molecular formula is C21H38N2O4. The molecule has 0 radical (unpaired) electrons. The summed E-state index contributed by atoms with van der Waals surface area (Å²) in [4.78, 5) is 25.9. The number of hydrogen-bond acceptors (Lipinski definition) is 4. The lowest BCUT2D eigenvalue weighted by Crippen LogP contribution is -2.30. The van der Waals surface area contributed by atoms with Gasteiger partial charge in [-0.1, -0.05) is 0 Å². The molecule has 2 atom stereocenters. The van der Waals surface area contributed by atoms with Gasteiger partial charge in [-0.3, -0.25) is 9.59 Å². The molecule has 27 heavy (non-hydrogen) atoms. The van der Waals surface area contributed by atoms with Crippen molar-refractivity contribution in [2.24, 2.45) is 0 Å². The van der Waals surface area contributed by atoms with Crippen LogP contribution in [0.25, 0.3) is 0 Å². The molecule has 2 saturated heterocycles. The Morgan fingerprint density at radius 3 is 2.15 bits per heavy atom. The molecule has 0 aromatic heterocycles. The van der Waals surface area contributed by atoms with Gasteiger partial charge in [0.05, 0.1) is 12.2 Å². The van der Waals surface area contributed by atoms with E-state index in [9.17, 15) is 9.59 Å². The first-order valence-corrected chi connectivity index (χ1v) is 10.9. The minimum Gasteiger partial charge on any atom is -0.378 e. The first kappa shape index (κ1) is 22.2. The zero-order chi connectivity index (χ0) is 19.3. The highest BCUT2D eigenvalue weighted by Gasteiger charge is 2.17. The Kier molecular flexibility index (Phi) is 10.8. The molecule has 0 saturated carbocycles. The van der Waals surface area contributed by atoms with Gasteiger partial charge >= 0.3 is 0 Å². The van der Waals surface area contributed by atoms with E-state index in [1.54, 1.807) is 0 Å². The molecule has 2 rings (SSSR count). The van der Waals surface area contributed by atoms with E-state index in [-0.39, 0.29) is 24.0 Å². The van der Waals surface area contributed by atoms with Gasteiger partial charge in [0.2, 0.25) is 11.8 Å². The zero-order valence-electron chi connectivity index (χ0n) is 17.0. The van der Waals surface area contributed by atoms with E-state index >= 15 is 0 Å². The number of nitrogens with one attached hydrogen (secondary N) is 1. The highest BCUT2D eigenvalue weighted by molar-refractivity contribution is 5.76. The summed E-state index contributed by atoms with van der Waals surface area (Å²) < 4.78 is 11.3. The SMILES string of the molecule is CN(CCCCNC(=O)CCC1CCCCO1)C(=O)CCC1CCCCO1. The van der Waals surface area contributed by atoms with Crippen molar-refractivity contribution in [3.63, 3.8) is 0 Å². The topological polar surface area (TPSA) is 67.9 Å². The minimum absolute atomic E-state index is 0.112. The van der Waals surface area contributed by atoms with E-state index in [0.717, 1.165) is 71.1 Å². The second-order valence-corrected chi connectivity index (χ2v) is 7.93. The first-order valence-electron chi connectivity index (χ1n) is 10.9. The Labute approximate surface area is 164 Å². The van der Waals surface area contributed by atoms with Crippen LogP contribution in [0.3, 0.4) is 0 Å². The average molecular weight is 383 g/mol. The molecule has 2 aliphatic rings. The lowest BCUT2D eigenvalue weighted by Gasteiger charge is -2.23. The van der Waals surface area contributed by atoms with Crippen LogP contribution in [-0.4, -0.2) is 62.3 Å². The Bertz CT molecular complexity index is 432. The Hall–Kier alpha value is -1.14. The summed E-state index contributed by atoms with van der Waals surface area (Å²) in [6.45, 7) is 3.11. The van der Waals surface area contributed by atoms with Gasteiger partial charge in [0.1, 0.15) is 0 Å². The summed E-state index contributed by atoms with van der Waals surface area (Å²) in [6.07, 6.45) is 12.0. The summed E-state index contributed by atoms with van der Waals surface area (Å²) in [5.74, 6) is 0.307. The van der Waals surface area contributed by atoms with Crippen LogP contribution in [0, 0.1) is 0 Å². The van der Waals surface area contributed by atoms with Gasteiger partial charge in [-0.25, -0.2) is 0 Å². The standard InChI is InChI=1S/C21H38N2O4/c1-23(21(25)13-11-19-9-3-7-17-27-19)15-5-4-14-22-20(24)12-10-18-8-2-6-16-26-18/h18-19H,2-17H2,1H3,(H,22,24). The van der Waals surface area contributed by atoms with E-state index < -0.39 is 0 Å². The van der Waals surface area contributed by atoms with Gasteiger partial charge in [-0.05, 0) is 64.2 Å². The van der Waals surface area contributed by atoms with E-state index in [4.69, 9.17) is 9.47 Å². The fourth-order valence-corrected chi connectivity index (χ4v) is 3.75. The fourth-order valence-electron chi connectivity index (χ4n) is 3.75. The molecule has 2 aliphatic heterocycles. The van der Waals surface area contributed by atoms with Crippen molar-refractivity contribution in [3.8, 4) is 0 Å². The number of carbonyl (C=O) groups excluding carboxylic acids is 2. The second kappa shape index (κ2) is 13.1. The predicted molar refractivity (Wildman–Crippen MR) is 106 cm³/mol.